The normalized spacial score (nSPS) is 18.9. The van der Waals surface area contributed by atoms with Crippen LogP contribution in [0.1, 0.15) is 39.5 Å². The Labute approximate surface area is 188 Å². The zero-order valence-electron chi connectivity index (χ0n) is 18.2. The topological polar surface area (TPSA) is 54.4 Å². The Morgan fingerprint density at radius 1 is 0.964 bits per heavy atom. The van der Waals surface area contributed by atoms with Gasteiger partial charge in [-0.25, -0.2) is 0 Å². The first kappa shape index (κ1) is 25.4. The molecule has 2 heterocycles. The van der Waals surface area contributed by atoms with Crippen LogP contribution in [0.5, 0.6) is 0 Å². The van der Waals surface area contributed by atoms with Gasteiger partial charge in [-0.05, 0) is 38.8 Å². The number of piperazine rings is 1. The van der Waals surface area contributed by atoms with Crippen LogP contribution < -0.4 is 5.32 Å². The summed E-state index contributed by atoms with van der Waals surface area (Å²) in [7, 11) is 1.86. The molecule has 164 valence electrons. The van der Waals surface area contributed by atoms with Gasteiger partial charge in [0.15, 0.2) is 5.96 Å². The number of aliphatic imine (C=N–C) groups is 1. The summed E-state index contributed by atoms with van der Waals surface area (Å²) in [4.78, 5) is 26.0. The number of carbonyl (C=O) groups excluding carboxylic acids is 1. The summed E-state index contributed by atoms with van der Waals surface area (Å²) in [6.45, 7) is 14.8. The van der Waals surface area contributed by atoms with Crippen molar-refractivity contribution < 1.29 is 4.79 Å². The van der Waals surface area contributed by atoms with Gasteiger partial charge >= 0.3 is 0 Å². The Balaban J connectivity index is 0.00000392. The zero-order valence-corrected chi connectivity index (χ0v) is 20.5. The second-order valence-corrected chi connectivity index (χ2v) is 7.61. The number of rotatable bonds is 8. The number of likely N-dealkylation sites (tertiary alicyclic amines) is 1. The average Bonchev–Trinajstić information content (AvgIpc) is 2.72. The predicted octanol–water partition coefficient (Wildman–Crippen LogP) is 1.54. The number of likely N-dealkylation sites (N-methyl/N-ethyl adjacent to an activating group) is 1. The zero-order chi connectivity index (χ0) is 19.5. The summed E-state index contributed by atoms with van der Waals surface area (Å²) in [6, 6.07) is 0. The number of amides is 1. The van der Waals surface area contributed by atoms with Crippen LogP contribution in [0.25, 0.3) is 0 Å². The number of nitrogens with zero attached hydrogens (tertiary/aromatic N) is 5. The van der Waals surface area contributed by atoms with Crippen LogP contribution in [0.3, 0.4) is 0 Å². The summed E-state index contributed by atoms with van der Waals surface area (Å²) in [5, 5.41) is 3.51. The molecule has 0 atom stereocenters. The molecule has 0 radical (unpaired) electrons. The molecule has 1 amide bonds. The van der Waals surface area contributed by atoms with Gasteiger partial charge in [0.05, 0.1) is 6.54 Å². The van der Waals surface area contributed by atoms with Gasteiger partial charge in [-0.15, -0.1) is 24.0 Å². The van der Waals surface area contributed by atoms with Crippen molar-refractivity contribution in [2.24, 2.45) is 4.99 Å². The largest absolute Gasteiger partial charge is 0.355 e. The van der Waals surface area contributed by atoms with E-state index < -0.39 is 0 Å². The molecule has 0 spiro atoms. The van der Waals surface area contributed by atoms with Crippen molar-refractivity contribution in [1.82, 2.24) is 24.9 Å². The van der Waals surface area contributed by atoms with E-state index >= 15 is 0 Å². The van der Waals surface area contributed by atoms with Crippen LogP contribution in [-0.2, 0) is 4.79 Å². The quantitative estimate of drug-likeness (QED) is 0.307. The number of carbonyl (C=O) groups is 1. The number of nitrogens with one attached hydrogen (secondary N) is 1. The predicted molar refractivity (Wildman–Crippen MR) is 128 cm³/mol. The molecular weight excluding hydrogens is 467 g/mol. The van der Waals surface area contributed by atoms with E-state index in [9.17, 15) is 4.79 Å². The van der Waals surface area contributed by atoms with Crippen molar-refractivity contribution in [3.8, 4) is 0 Å². The molecule has 28 heavy (non-hydrogen) atoms. The van der Waals surface area contributed by atoms with Crippen LogP contribution in [0, 0.1) is 0 Å². The monoisotopic (exact) mass is 508 g/mol. The first-order chi connectivity index (χ1) is 13.2. The van der Waals surface area contributed by atoms with E-state index in [0.717, 1.165) is 84.2 Å². The summed E-state index contributed by atoms with van der Waals surface area (Å²) in [6.07, 6.45) is 4.79. The fourth-order valence-electron chi connectivity index (χ4n) is 3.95. The van der Waals surface area contributed by atoms with E-state index in [-0.39, 0.29) is 24.0 Å². The van der Waals surface area contributed by atoms with E-state index in [0.29, 0.717) is 12.5 Å². The highest BCUT2D eigenvalue weighted by Crippen LogP contribution is 2.10. The van der Waals surface area contributed by atoms with Crippen LogP contribution in [0.2, 0.25) is 0 Å². The molecule has 2 saturated heterocycles. The molecule has 0 aromatic carbocycles. The van der Waals surface area contributed by atoms with Crippen molar-refractivity contribution >= 4 is 35.8 Å². The van der Waals surface area contributed by atoms with Gasteiger partial charge in [-0.3, -0.25) is 14.7 Å². The number of guanidine groups is 1. The van der Waals surface area contributed by atoms with Crippen molar-refractivity contribution in [2.45, 2.75) is 39.5 Å². The van der Waals surface area contributed by atoms with Crippen LogP contribution in [0.4, 0.5) is 0 Å². The van der Waals surface area contributed by atoms with Crippen molar-refractivity contribution in [2.75, 3.05) is 79.0 Å². The molecule has 2 rings (SSSR count). The fourth-order valence-corrected chi connectivity index (χ4v) is 3.95. The molecule has 0 unspecified atom stereocenters. The van der Waals surface area contributed by atoms with Gasteiger partial charge in [-0.1, -0.05) is 13.8 Å². The molecule has 1 N–H and O–H groups in total. The van der Waals surface area contributed by atoms with E-state index in [2.05, 4.69) is 38.9 Å². The second kappa shape index (κ2) is 14.4. The number of piperidine rings is 1. The third-order valence-electron chi connectivity index (χ3n) is 5.65. The van der Waals surface area contributed by atoms with Crippen molar-refractivity contribution in [1.29, 1.82) is 0 Å². The number of halogens is 1. The van der Waals surface area contributed by atoms with Gasteiger partial charge in [0.1, 0.15) is 0 Å². The Kier molecular flexibility index (Phi) is 13.1. The second-order valence-electron chi connectivity index (χ2n) is 7.61. The maximum Gasteiger partial charge on any atom is 0.236 e. The minimum absolute atomic E-state index is 0. The maximum atomic E-state index is 12.5. The van der Waals surface area contributed by atoms with Gasteiger partial charge in [0.25, 0.3) is 0 Å². The van der Waals surface area contributed by atoms with Crippen LogP contribution in [-0.4, -0.2) is 111 Å². The van der Waals surface area contributed by atoms with E-state index in [1.54, 1.807) is 0 Å². The average molecular weight is 508 g/mol. The molecule has 8 heteroatoms. The smallest absolute Gasteiger partial charge is 0.236 e. The van der Waals surface area contributed by atoms with E-state index in [1.165, 1.54) is 12.8 Å². The Bertz CT molecular complexity index is 462. The van der Waals surface area contributed by atoms with Gasteiger partial charge in [-0.2, -0.15) is 0 Å². The maximum absolute atomic E-state index is 12.5. The molecule has 2 fully saturated rings. The van der Waals surface area contributed by atoms with Crippen molar-refractivity contribution in [3.63, 3.8) is 0 Å². The van der Waals surface area contributed by atoms with Gasteiger partial charge < -0.3 is 20.0 Å². The molecular formula is C20H41IN6O. The first-order valence-corrected chi connectivity index (χ1v) is 10.9. The third kappa shape index (κ3) is 8.41. The summed E-state index contributed by atoms with van der Waals surface area (Å²) in [5.41, 5.74) is 0. The lowest BCUT2D eigenvalue weighted by molar-refractivity contribution is -0.133. The number of hydrogen-bond acceptors (Lipinski definition) is 4. The minimum Gasteiger partial charge on any atom is -0.355 e. The lowest BCUT2D eigenvalue weighted by atomic mass is 10.1. The van der Waals surface area contributed by atoms with Crippen molar-refractivity contribution in [3.05, 3.63) is 0 Å². The van der Waals surface area contributed by atoms with Gasteiger partial charge in [0.2, 0.25) is 5.91 Å². The Morgan fingerprint density at radius 3 is 2.21 bits per heavy atom. The summed E-state index contributed by atoms with van der Waals surface area (Å²) >= 11 is 0. The lowest BCUT2D eigenvalue weighted by Gasteiger charge is -2.37. The third-order valence-corrected chi connectivity index (χ3v) is 5.65. The van der Waals surface area contributed by atoms with E-state index in [4.69, 9.17) is 0 Å². The van der Waals surface area contributed by atoms with E-state index in [1.807, 2.05) is 11.9 Å². The lowest BCUT2D eigenvalue weighted by Crippen LogP contribution is -2.55. The van der Waals surface area contributed by atoms with Crippen LogP contribution >= 0.6 is 24.0 Å². The van der Waals surface area contributed by atoms with Gasteiger partial charge in [0, 0.05) is 59.4 Å². The summed E-state index contributed by atoms with van der Waals surface area (Å²) in [5.74, 6) is 1.30. The standard InChI is InChI=1S/C20H40N6O.HI/c1-4-10-23(5-2)13-9-22-20(21-3)26-16-14-24(15-17-26)18-19(27)25-11-7-6-8-12-25;/h4-18H2,1-3H3,(H,21,22);1H. The SMILES string of the molecule is CCCN(CC)CCNC(=NC)N1CCN(CC(=O)N2CCCCC2)CC1.I. The Morgan fingerprint density at radius 2 is 1.64 bits per heavy atom. The minimum atomic E-state index is 0. The highest BCUT2D eigenvalue weighted by atomic mass is 127. The fraction of sp³-hybridized carbons (Fsp3) is 0.900. The molecule has 0 aliphatic carbocycles. The number of hydrogen-bond donors (Lipinski definition) is 1. The highest BCUT2D eigenvalue weighted by Gasteiger charge is 2.24. The molecule has 2 aliphatic heterocycles. The molecule has 0 saturated carbocycles. The molecule has 0 aromatic heterocycles. The Hall–Kier alpha value is -0.610. The molecule has 2 aliphatic rings. The summed E-state index contributed by atoms with van der Waals surface area (Å²) < 4.78 is 0. The molecule has 7 nitrogen and oxygen atoms in total. The van der Waals surface area contributed by atoms with Crippen LogP contribution in [0.15, 0.2) is 4.99 Å². The molecule has 0 aromatic rings. The first-order valence-electron chi connectivity index (χ1n) is 10.9. The highest BCUT2D eigenvalue weighted by molar-refractivity contribution is 14.0. The molecule has 0 bridgehead atoms.